The van der Waals surface area contributed by atoms with Gasteiger partial charge in [0.1, 0.15) is 28.6 Å². The summed E-state index contributed by atoms with van der Waals surface area (Å²) in [5.41, 5.74) is 2.87. The van der Waals surface area contributed by atoms with Gasteiger partial charge in [-0.2, -0.15) is 0 Å². The number of carboxylic acids is 1. The molecule has 0 saturated carbocycles. The van der Waals surface area contributed by atoms with Crippen molar-refractivity contribution in [2.45, 2.75) is 6.92 Å². The number of rotatable bonds is 5. The molecule has 0 unspecified atom stereocenters. The van der Waals surface area contributed by atoms with Crippen LogP contribution in [-0.4, -0.2) is 27.2 Å². The number of phenolic OH excluding ortho intramolecular Hbond substituents is 2. The van der Waals surface area contributed by atoms with Gasteiger partial charge in [-0.3, -0.25) is 4.79 Å². The third-order valence-corrected chi connectivity index (χ3v) is 4.99. The van der Waals surface area contributed by atoms with Crippen LogP contribution in [0, 0.1) is 6.92 Å². The standard InChI is InChI=1S/C25H19NO6/c1-14-21(25(30)31)13-23(32-14)15-5-7-18(8-6-15)26-24(29)17-4-2-3-16(11-17)20-10-9-19(27)12-22(20)28/h2-13,27-28H,1H3,(H,26,29)(H,30,31). The average molecular weight is 429 g/mol. The van der Waals surface area contributed by atoms with Crippen molar-refractivity contribution in [3.63, 3.8) is 0 Å². The lowest BCUT2D eigenvalue weighted by Gasteiger charge is -2.09. The predicted octanol–water partition coefficient (Wildman–Crippen LogP) is 5.28. The molecular weight excluding hydrogens is 410 g/mol. The molecule has 7 nitrogen and oxygen atoms in total. The summed E-state index contributed by atoms with van der Waals surface area (Å²) in [7, 11) is 0. The molecule has 1 aromatic heterocycles. The van der Waals surface area contributed by atoms with Crippen molar-refractivity contribution in [1.82, 2.24) is 0 Å². The van der Waals surface area contributed by atoms with Crippen LogP contribution in [0.1, 0.15) is 26.5 Å². The van der Waals surface area contributed by atoms with E-state index in [1.165, 1.54) is 18.2 Å². The van der Waals surface area contributed by atoms with Crippen LogP contribution in [0.2, 0.25) is 0 Å². The van der Waals surface area contributed by atoms with Crippen LogP contribution in [-0.2, 0) is 0 Å². The molecule has 0 fully saturated rings. The highest BCUT2D eigenvalue weighted by Gasteiger charge is 2.15. The molecule has 4 rings (SSSR count). The molecular formula is C25H19NO6. The highest BCUT2D eigenvalue weighted by molar-refractivity contribution is 6.05. The molecule has 0 saturated heterocycles. The number of aromatic carboxylic acids is 1. The smallest absolute Gasteiger partial charge is 0.339 e. The van der Waals surface area contributed by atoms with Crippen molar-refractivity contribution in [2.24, 2.45) is 0 Å². The molecule has 4 N–H and O–H groups in total. The number of hydrogen-bond acceptors (Lipinski definition) is 5. The zero-order valence-electron chi connectivity index (χ0n) is 17.0. The number of amides is 1. The Morgan fingerprint density at radius 3 is 2.28 bits per heavy atom. The van der Waals surface area contributed by atoms with Gasteiger partial charge in [0.2, 0.25) is 0 Å². The van der Waals surface area contributed by atoms with Crippen LogP contribution in [0.25, 0.3) is 22.5 Å². The van der Waals surface area contributed by atoms with Crippen LogP contribution >= 0.6 is 0 Å². The first kappa shape index (κ1) is 20.7. The highest BCUT2D eigenvalue weighted by atomic mass is 16.4. The van der Waals surface area contributed by atoms with Gasteiger partial charge in [0.25, 0.3) is 5.91 Å². The Bertz CT molecular complexity index is 1320. The number of carbonyl (C=O) groups excluding carboxylic acids is 1. The van der Waals surface area contributed by atoms with Crippen molar-refractivity contribution < 1.29 is 29.3 Å². The van der Waals surface area contributed by atoms with Gasteiger partial charge in [-0.1, -0.05) is 12.1 Å². The predicted molar refractivity (Wildman–Crippen MR) is 119 cm³/mol. The number of carbonyl (C=O) groups is 2. The topological polar surface area (TPSA) is 120 Å². The summed E-state index contributed by atoms with van der Waals surface area (Å²) in [5, 5.41) is 31.5. The minimum Gasteiger partial charge on any atom is -0.508 e. The van der Waals surface area contributed by atoms with Crippen LogP contribution < -0.4 is 5.32 Å². The van der Waals surface area contributed by atoms with E-state index in [2.05, 4.69) is 5.32 Å². The molecule has 0 aliphatic rings. The second-order valence-corrected chi connectivity index (χ2v) is 7.20. The van der Waals surface area contributed by atoms with Crippen molar-refractivity contribution in [2.75, 3.05) is 5.32 Å². The number of aromatic hydroxyl groups is 2. The van der Waals surface area contributed by atoms with Gasteiger partial charge in [0.05, 0.1) is 0 Å². The molecule has 1 heterocycles. The molecule has 3 aromatic carbocycles. The number of nitrogens with one attached hydrogen (secondary N) is 1. The summed E-state index contributed by atoms with van der Waals surface area (Å²) in [4.78, 5) is 23.9. The Morgan fingerprint density at radius 1 is 0.875 bits per heavy atom. The first-order valence-corrected chi connectivity index (χ1v) is 9.70. The van der Waals surface area contributed by atoms with Gasteiger partial charge < -0.3 is 25.1 Å². The molecule has 0 aliphatic carbocycles. The summed E-state index contributed by atoms with van der Waals surface area (Å²) in [6.45, 7) is 1.59. The second kappa shape index (κ2) is 8.31. The van der Waals surface area contributed by atoms with E-state index in [9.17, 15) is 19.8 Å². The fraction of sp³-hybridized carbons (Fsp3) is 0.0400. The first-order chi connectivity index (χ1) is 15.3. The van der Waals surface area contributed by atoms with E-state index in [1.807, 2.05) is 0 Å². The van der Waals surface area contributed by atoms with E-state index >= 15 is 0 Å². The number of furan rings is 1. The maximum atomic E-state index is 12.7. The molecule has 7 heteroatoms. The maximum Gasteiger partial charge on any atom is 0.339 e. The SMILES string of the molecule is Cc1oc(-c2ccc(NC(=O)c3cccc(-c4ccc(O)cc4O)c3)cc2)cc1C(=O)O. The summed E-state index contributed by atoms with van der Waals surface area (Å²) in [5.74, 6) is -0.766. The van der Waals surface area contributed by atoms with E-state index in [-0.39, 0.29) is 23.0 Å². The van der Waals surface area contributed by atoms with Crippen LogP contribution in [0.3, 0.4) is 0 Å². The van der Waals surface area contributed by atoms with E-state index in [0.717, 1.165) is 0 Å². The monoisotopic (exact) mass is 429 g/mol. The van der Waals surface area contributed by atoms with Crippen LogP contribution in [0.5, 0.6) is 11.5 Å². The molecule has 160 valence electrons. The van der Waals surface area contributed by atoms with Crippen molar-refractivity contribution >= 4 is 17.6 Å². The van der Waals surface area contributed by atoms with E-state index in [4.69, 9.17) is 9.52 Å². The van der Waals surface area contributed by atoms with Crippen molar-refractivity contribution in [1.29, 1.82) is 0 Å². The van der Waals surface area contributed by atoms with Gasteiger partial charge in [0, 0.05) is 28.4 Å². The molecule has 0 radical (unpaired) electrons. The molecule has 0 aliphatic heterocycles. The Morgan fingerprint density at radius 2 is 1.62 bits per heavy atom. The third kappa shape index (κ3) is 4.17. The van der Waals surface area contributed by atoms with Gasteiger partial charge in [-0.25, -0.2) is 4.79 Å². The zero-order valence-corrected chi connectivity index (χ0v) is 17.0. The average Bonchev–Trinajstić information content (AvgIpc) is 3.16. The minimum absolute atomic E-state index is 0.0486. The number of phenols is 2. The Hall–Kier alpha value is -4.52. The highest BCUT2D eigenvalue weighted by Crippen LogP contribution is 2.32. The Kier molecular flexibility index (Phi) is 5.39. The summed E-state index contributed by atoms with van der Waals surface area (Å²) in [6, 6.07) is 19.4. The number of benzene rings is 3. The Labute approximate surface area is 183 Å². The molecule has 0 bridgehead atoms. The lowest BCUT2D eigenvalue weighted by Crippen LogP contribution is -2.11. The van der Waals surface area contributed by atoms with Crippen molar-refractivity contribution in [3.8, 4) is 33.9 Å². The zero-order chi connectivity index (χ0) is 22.8. The molecule has 4 aromatic rings. The molecule has 0 atom stereocenters. The van der Waals surface area contributed by atoms with Gasteiger partial charge in [0.15, 0.2) is 0 Å². The van der Waals surface area contributed by atoms with Gasteiger partial charge >= 0.3 is 5.97 Å². The molecule has 1 amide bonds. The van der Waals surface area contributed by atoms with Gasteiger partial charge in [-0.05, 0) is 67.1 Å². The quantitative estimate of drug-likeness (QED) is 0.342. The largest absolute Gasteiger partial charge is 0.508 e. The second-order valence-electron chi connectivity index (χ2n) is 7.20. The number of aryl methyl sites for hydroxylation is 1. The fourth-order valence-corrected chi connectivity index (χ4v) is 3.35. The first-order valence-electron chi connectivity index (χ1n) is 9.70. The van der Waals surface area contributed by atoms with E-state index in [1.54, 1.807) is 61.5 Å². The van der Waals surface area contributed by atoms with E-state index < -0.39 is 5.97 Å². The lowest BCUT2D eigenvalue weighted by atomic mass is 10.0. The number of anilines is 1. The van der Waals surface area contributed by atoms with E-state index in [0.29, 0.717) is 39.5 Å². The van der Waals surface area contributed by atoms with Crippen LogP contribution in [0.15, 0.2) is 77.2 Å². The summed E-state index contributed by atoms with van der Waals surface area (Å²) < 4.78 is 5.52. The van der Waals surface area contributed by atoms with Crippen molar-refractivity contribution in [3.05, 3.63) is 89.7 Å². The summed E-state index contributed by atoms with van der Waals surface area (Å²) in [6.07, 6.45) is 0. The number of carboxylic acid groups (broad SMARTS) is 1. The molecule has 32 heavy (non-hydrogen) atoms. The van der Waals surface area contributed by atoms with Crippen LogP contribution in [0.4, 0.5) is 5.69 Å². The Balaban J connectivity index is 1.52. The van der Waals surface area contributed by atoms with Gasteiger partial charge in [-0.15, -0.1) is 0 Å². The third-order valence-electron chi connectivity index (χ3n) is 4.99. The fourth-order valence-electron chi connectivity index (χ4n) is 3.35. The lowest BCUT2D eigenvalue weighted by molar-refractivity contribution is 0.0694. The normalized spacial score (nSPS) is 10.7. The number of hydrogen-bond donors (Lipinski definition) is 4. The maximum absolute atomic E-state index is 12.7. The minimum atomic E-state index is -1.05. The summed E-state index contributed by atoms with van der Waals surface area (Å²) >= 11 is 0. The molecule has 0 spiro atoms.